The largest absolute Gasteiger partial charge is 0.324 e. The topological polar surface area (TPSA) is 66.5 Å². The van der Waals surface area contributed by atoms with Crippen LogP contribution in [-0.4, -0.2) is 38.3 Å². The van der Waals surface area contributed by atoms with Gasteiger partial charge in [0.1, 0.15) is 6.04 Å². The number of benzene rings is 1. The number of imide groups is 1. The number of likely N-dealkylation sites (tertiary alicyclic amines) is 1. The predicted octanol–water partition coefficient (Wildman–Crippen LogP) is 4.17. The molecule has 3 amide bonds. The van der Waals surface area contributed by atoms with Crippen molar-refractivity contribution in [1.82, 2.24) is 4.90 Å². The van der Waals surface area contributed by atoms with Gasteiger partial charge in [0.15, 0.2) is 0 Å². The van der Waals surface area contributed by atoms with Crippen molar-refractivity contribution in [3.05, 3.63) is 27.7 Å². The van der Waals surface area contributed by atoms with Crippen LogP contribution in [0, 0.1) is 37.5 Å². The molecule has 1 aromatic carbocycles. The number of fused-ring (bicyclic) bond motifs is 5. The number of rotatable bonds is 3. The van der Waals surface area contributed by atoms with E-state index < -0.39 is 6.04 Å². The zero-order valence-electron chi connectivity index (χ0n) is 15.7. The molecule has 2 aliphatic carbocycles. The Hall–Kier alpha value is -0.730. The second-order valence-corrected chi connectivity index (χ2v) is 11.1. The van der Waals surface area contributed by atoms with Crippen LogP contribution in [0.1, 0.15) is 24.5 Å². The normalized spacial score (nSPS) is 34.7. The molecule has 0 spiro atoms. The van der Waals surface area contributed by atoms with Crippen LogP contribution in [0.2, 0.25) is 0 Å². The van der Waals surface area contributed by atoms with E-state index in [-0.39, 0.29) is 51.0 Å². The summed E-state index contributed by atoms with van der Waals surface area (Å²) in [5.41, 5.74) is 2.61. The van der Waals surface area contributed by atoms with Gasteiger partial charge in [-0.15, -0.1) is 0 Å². The first kappa shape index (κ1) is 20.5. The predicted molar refractivity (Wildman–Crippen MR) is 118 cm³/mol. The number of hydrogen-bond acceptors (Lipinski definition) is 3. The molecule has 1 aromatic rings. The van der Waals surface area contributed by atoms with Crippen LogP contribution in [0.5, 0.6) is 0 Å². The Labute approximate surface area is 189 Å². The van der Waals surface area contributed by atoms with Gasteiger partial charge < -0.3 is 5.32 Å². The van der Waals surface area contributed by atoms with E-state index in [0.29, 0.717) is 5.69 Å². The minimum absolute atomic E-state index is 0.146. The molecule has 0 radical (unpaired) electrons. The molecule has 150 valence electrons. The summed E-state index contributed by atoms with van der Waals surface area (Å²) in [5, 5.41) is 2.89. The van der Waals surface area contributed by atoms with Crippen LogP contribution in [0.3, 0.4) is 0 Å². The van der Waals surface area contributed by atoms with Crippen LogP contribution < -0.4 is 5.32 Å². The fraction of sp³-hybridized carbons (Fsp3) is 0.550. The van der Waals surface area contributed by atoms with E-state index in [2.05, 4.69) is 53.1 Å². The Balaban J connectivity index is 1.55. The maximum atomic E-state index is 13.1. The summed E-state index contributed by atoms with van der Waals surface area (Å²) in [6, 6.07) is 2.99. The van der Waals surface area contributed by atoms with Crippen molar-refractivity contribution < 1.29 is 14.4 Å². The molecule has 5 nitrogen and oxygen atoms in total. The Kier molecular flexibility index (Phi) is 5.28. The molecule has 3 fully saturated rings. The molecule has 1 aliphatic heterocycles. The lowest BCUT2D eigenvalue weighted by atomic mass is 9.81. The molecule has 28 heavy (non-hydrogen) atoms. The van der Waals surface area contributed by atoms with Crippen LogP contribution >= 0.6 is 47.8 Å². The maximum absolute atomic E-state index is 13.1. The van der Waals surface area contributed by atoms with Crippen molar-refractivity contribution in [3.63, 3.8) is 0 Å². The molecule has 1 heterocycles. The third kappa shape index (κ3) is 2.93. The zero-order valence-corrected chi connectivity index (χ0v) is 20.5. The highest BCUT2D eigenvalue weighted by molar-refractivity contribution is 9.12. The van der Waals surface area contributed by atoms with E-state index in [1.165, 1.54) is 4.90 Å². The molecule has 2 bridgehead atoms. The Morgan fingerprint density at radius 1 is 1.07 bits per heavy atom. The molecule has 2 saturated carbocycles. The van der Waals surface area contributed by atoms with Gasteiger partial charge in [-0.2, -0.15) is 0 Å². The van der Waals surface area contributed by atoms with Gasteiger partial charge in [-0.25, -0.2) is 0 Å². The Morgan fingerprint density at radius 2 is 1.61 bits per heavy atom. The lowest BCUT2D eigenvalue weighted by Crippen LogP contribution is -2.46. The number of carbonyl (C=O) groups is 3. The summed E-state index contributed by atoms with van der Waals surface area (Å²) in [6.45, 7) is 5.48. The van der Waals surface area contributed by atoms with E-state index in [4.69, 9.17) is 0 Å². The lowest BCUT2D eigenvalue weighted by Gasteiger charge is -2.28. The van der Waals surface area contributed by atoms with E-state index in [9.17, 15) is 14.4 Å². The molecular formula is C20H21Br3N2O3. The highest BCUT2D eigenvalue weighted by Gasteiger charge is 2.67. The second kappa shape index (κ2) is 7.20. The van der Waals surface area contributed by atoms with Gasteiger partial charge in [0.2, 0.25) is 17.7 Å². The molecule has 8 heteroatoms. The van der Waals surface area contributed by atoms with Gasteiger partial charge in [0.05, 0.1) is 11.8 Å². The Morgan fingerprint density at radius 3 is 2.14 bits per heavy atom. The van der Waals surface area contributed by atoms with E-state index in [0.717, 1.165) is 22.0 Å². The Bertz CT molecular complexity index is 858. The van der Waals surface area contributed by atoms with Gasteiger partial charge in [0, 0.05) is 19.8 Å². The number of amides is 3. The maximum Gasteiger partial charge on any atom is 0.247 e. The van der Waals surface area contributed by atoms with E-state index in [1.807, 2.05) is 26.0 Å². The minimum atomic E-state index is -0.837. The lowest BCUT2D eigenvalue weighted by molar-refractivity contribution is -0.146. The van der Waals surface area contributed by atoms with Crippen LogP contribution in [0.25, 0.3) is 0 Å². The molecule has 3 aliphatic rings. The number of anilines is 1. The van der Waals surface area contributed by atoms with Crippen LogP contribution in [0.4, 0.5) is 5.69 Å². The standard InChI is InChI=1S/C20H21Br3N2O3/c1-7-5-13(8(2)4-12(7)21)24-18(26)9(3)25-19(27)14-10-6-11(15(14)20(25)28)17(23)16(10)22/h4-5,9-11,14-17H,6H2,1-3H3,(H,24,26)/t9-,10-,11-,14-,15+,16-,17+/m0/s1. The third-order valence-electron chi connectivity index (χ3n) is 6.55. The number of nitrogens with one attached hydrogen (secondary N) is 1. The fourth-order valence-electron chi connectivity index (χ4n) is 5.02. The summed E-state index contributed by atoms with van der Waals surface area (Å²) in [4.78, 5) is 40.6. The molecule has 1 N–H and O–H groups in total. The quantitative estimate of drug-likeness (QED) is 0.434. The molecule has 4 rings (SSSR count). The van der Waals surface area contributed by atoms with Crippen molar-refractivity contribution >= 4 is 71.2 Å². The third-order valence-corrected chi connectivity index (χ3v) is 10.6. The average molecular weight is 577 g/mol. The number of alkyl halides is 2. The molecule has 7 atom stereocenters. The van der Waals surface area contributed by atoms with Crippen molar-refractivity contribution in [2.24, 2.45) is 23.7 Å². The van der Waals surface area contributed by atoms with Crippen molar-refractivity contribution in [2.45, 2.75) is 42.9 Å². The van der Waals surface area contributed by atoms with Crippen molar-refractivity contribution in [3.8, 4) is 0 Å². The smallest absolute Gasteiger partial charge is 0.247 e. The highest BCUT2D eigenvalue weighted by atomic mass is 79.9. The molecular weight excluding hydrogens is 556 g/mol. The number of aryl methyl sites for hydroxylation is 2. The van der Waals surface area contributed by atoms with Crippen LogP contribution in [0.15, 0.2) is 16.6 Å². The van der Waals surface area contributed by atoms with Crippen molar-refractivity contribution in [1.29, 1.82) is 0 Å². The second-order valence-electron chi connectivity index (χ2n) is 8.13. The van der Waals surface area contributed by atoms with Gasteiger partial charge in [0.25, 0.3) is 0 Å². The summed E-state index contributed by atoms with van der Waals surface area (Å²) in [5.74, 6) is -1.05. The SMILES string of the molecule is Cc1cc(NC(=O)[C@H](C)N2C(=O)[C@@H]3[C@@H]4C[C@H]([C@H](Br)[C@@H]4Br)[C@@H]3C2=O)c(C)cc1Br. The van der Waals surface area contributed by atoms with E-state index in [1.54, 1.807) is 6.92 Å². The van der Waals surface area contributed by atoms with E-state index >= 15 is 0 Å². The van der Waals surface area contributed by atoms with Gasteiger partial charge in [-0.3, -0.25) is 19.3 Å². The fourth-order valence-corrected chi connectivity index (χ4v) is 7.35. The first-order chi connectivity index (χ1) is 13.1. The minimum Gasteiger partial charge on any atom is -0.324 e. The molecule has 1 saturated heterocycles. The first-order valence-electron chi connectivity index (χ1n) is 9.36. The van der Waals surface area contributed by atoms with Crippen LogP contribution in [-0.2, 0) is 14.4 Å². The summed E-state index contributed by atoms with van der Waals surface area (Å²) >= 11 is 10.8. The van der Waals surface area contributed by atoms with Gasteiger partial charge >= 0.3 is 0 Å². The average Bonchev–Trinajstić information content (AvgIpc) is 3.24. The number of nitrogens with zero attached hydrogens (tertiary/aromatic N) is 1. The van der Waals surface area contributed by atoms with Gasteiger partial charge in [-0.1, -0.05) is 47.8 Å². The highest BCUT2D eigenvalue weighted by Crippen LogP contribution is 2.60. The monoisotopic (exact) mass is 574 g/mol. The molecule has 0 unspecified atom stereocenters. The number of carbonyl (C=O) groups excluding carboxylic acids is 3. The first-order valence-corrected chi connectivity index (χ1v) is 12.0. The molecule has 0 aromatic heterocycles. The van der Waals surface area contributed by atoms with Gasteiger partial charge in [-0.05, 0) is 62.3 Å². The summed E-state index contributed by atoms with van der Waals surface area (Å²) in [6.07, 6.45) is 0.879. The van der Waals surface area contributed by atoms with Crippen molar-refractivity contribution in [2.75, 3.05) is 5.32 Å². The summed E-state index contributed by atoms with van der Waals surface area (Å²) < 4.78 is 0.970. The number of hydrogen-bond donors (Lipinski definition) is 1. The number of halogens is 3. The summed E-state index contributed by atoms with van der Waals surface area (Å²) in [7, 11) is 0. The zero-order chi connectivity index (χ0) is 20.5.